The van der Waals surface area contributed by atoms with Crippen LogP contribution in [0.5, 0.6) is 0 Å². The SMILES string of the molecule is CCc1ccc(CCC2CCc3cc(C#N)c(F)cc3C2)c(F)c1. The van der Waals surface area contributed by atoms with Gasteiger partial charge in [0, 0.05) is 0 Å². The molecule has 0 bridgehead atoms. The second-order valence-electron chi connectivity index (χ2n) is 6.64. The minimum Gasteiger partial charge on any atom is -0.207 e. The molecule has 3 heteroatoms. The minimum atomic E-state index is -0.432. The number of nitriles is 1. The van der Waals surface area contributed by atoms with Crippen molar-refractivity contribution in [1.29, 1.82) is 5.26 Å². The predicted octanol–water partition coefficient (Wildman–Crippen LogP) is 5.14. The van der Waals surface area contributed by atoms with Gasteiger partial charge in [0.2, 0.25) is 0 Å². The summed E-state index contributed by atoms with van der Waals surface area (Å²) in [5.41, 5.74) is 4.01. The van der Waals surface area contributed by atoms with Gasteiger partial charge in [0.15, 0.2) is 0 Å². The van der Waals surface area contributed by atoms with Gasteiger partial charge in [-0.1, -0.05) is 19.1 Å². The lowest BCUT2D eigenvalue weighted by molar-refractivity contribution is 0.422. The monoisotopic (exact) mass is 325 g/mol. The Kier molecular flexibility index (Phi) is 4.94. The van der Waals surface area contributed by atoms with Gasteiger partial charge in [-0.3, -0.25) is 0 Å². The third kappa shape index (κ3) is 3.48. The standard InChI is InChI=1S/C21H21F2N/c1-2-14-3-6-16(20(22)10-14)7-4-15-5-8-17-11-19(13-24)21(23)12-18(17)9-15/h3,6,10-12,15H,2,4-5,7-9H2,1H3. The first kappa shape index (κ1) is 16.6. The molecule has 0 aliphatic heterocycles. The van der Waals surface area contributed by atoms with Crippen LogP contribution in [0.2, 0.25) is 0 Å². The summed E-state index contributed by atoms with van der Waals surface area (Å²) in [5, 5.41) is 8.92. The molecule has 0 radical (unpaired) electrons. The maximum atomic E-state index is 14.1. The molecule has 1 unspecified atom stereocenters. The topological polar surface area (TPSA) is 23.8 Å². The van der Waals surface area contributed by atoms with E-state index >= 15 is 0 Å². The largest absolute Gasteiger partial charge is 0.207 e. The van der Waals surface area contributed by atoms with Crippen LogP contribution in [0.4, 0.5) is 8.78 Å². The van der Waals surface area contributed by atoms with Gasteiger partial charge in [-0.25, -0.2) is 8.78 Å². The van der Waals surface area contributed by atoms with Crippen LogP contribution in [-0.2, 0) is 25.7 Å². The van der Waals surface area contributed by atoms with Crippen molar-refractivity contribution >= 4 is 0 Å². The fourth-order valence-corrected chi connectivity index (χ4v) is 3.56. The number of hydrogen-bond donors (Lipinski definition) is 0. The van der Waals surface area contributed by atoms with E-state index in [2.05, 4.69) is 0 Å². The van der Waals surface area contributed by atoms with Crippen LogP contribution >= 0.6 is 0 Å². The lowest BCUT2D eigenvalue weighted by Gasteiger charge is -2.25. The molecule has 0 heterocycles. The second-order valence-corrected chi connectivity index (χ2v) is 6.64. The zero-order chi connectivity index (χ0) is 17.1. The normalized spacial score (nSPS) is 16.5. The highest BCUT2D eigenvalue weighted by atomic mass is 19.1. The fraction of sp³-hybridized carbons (Fsp3) is 0.381. The molecule has 2 aromatic carbocycles. The molecule has 0 spiro atoms. The van der Waals surface area contributed by atoms with E-state index in [4.69, 9.17) is 5.26 Å². The van der Waals surface area contributed by atoms with Crippen LogP contribution in [0.15, 0.2) is 30.3 Å². The van der Waals surface area contributed by atoms with Gasteiger partial charge in [-0.15, -0.1) is 0 Å². The molecule has 0 amide bonds. The summed E-state index contributed by atoms with van der Waals surface area (Å²) in [7, 11) is 0. The van der Waals surface area contributed by atoms with E-state index in [-0.39, 0.29) is 11.4 Å². The van der Waals surface area contributed by atoms with Crippen molar-refractivity contribution in [3.8, 4) is 6.07 Å². The van der Waals surface area contributed by atoms with Crippen molar-refractivity contribution in [2.75, 3.05) is 0 Å². The summed E-state index contributed by atoms with van der Waals surface area (Å²) in [4.78, 5) is 0. The molecule has 0 saturated heterocycles. The van der Waals surface area contributed by atoms with Crippen LogP contribution in [0.1, 0.15) is 47.6 Å². The van der Waals surface area contributed by atoms with Crippen molar-refractivity contribution in [3.63, 3.8) is 0 Å². The van der Waals surface area contributed by atoms with Crippen molar-refractivity contribution < 1.29 is 8.78 Å². The first-order valence-corrected chi connectivity index (χ1v) is 8.59. The van der Waals surface area contributed by atoms with Crippen molar-refractivity contribution in [1.82, 2.24) is 0 Å². The summed E-state index contributed by atoms with van der Waals surface area (Å²) < 4.78 is 27.9. The Balaban J connectivity index is 1.66. The highest BCUT2D eigenvalue weighted by molar-refractivity contribution is 5.41. The van der Waals surface area contributed by atoms with E-state index in [1.165, 1.54) is 6.07 Å². The summed E-state index contributed by atoms with van der Waals surface area (Å²) in [5.74, 6) is -0.108. The molecular formula is C21H21F2N. The lowest BCUT2D eigenvalue weighted by atomic mass is 9.80. The van der Waals surface area contributed by atoms with E-state index in [1.54, 1.807) is 12.1 Å². The Labute approximate surface area is 141 Å². The Bertz CT molecular complexity index is 789. The molecule has 1 nitrogen and oxygen atoms in total. The van der Waals surface area contributed by atoms with E-state index in [1.807, 2.05) is 25.1 Å². The average Bonchev–Trinajstić information content (AvgIpc) is 2.59. The summed E-state index contributed by atoms with van der Waals surface area (Å²) in [6, 6.07) is 10.6. The van der Waals surface area contributed by atoms with E-state index in [0.29, 0.717) is 12.3 Å². The molecule has 0 N–H and O–H groups in total. The maximum absolute atomic E-state index is 14.1. The number of halogens is 2. The molecule has 2 aromatic rings. The van der Waals surface area contributed by atoms with E-state index < -0.39 is 5.82 Å². The fourth-order valence-electron chi connectivity index (χ4n) is 3.56. The Hall–Kier alpha value is -2.21. The van der Waals surface area contributed by atoms with Gasteiger partial charge in [0.05, 0.1) is 5.56 Å². The molecular weight excluding hydrogens is 304 g/mol. The van der Waals surface area contributed by atoms with Gasteiger partial charge < -0.3 is 0 Å². The maximum Gasteiger partial charge on any atom is 0.141 e. The van der Waals surface area contributed by atoms with Gasteiger partial charge in [0.1, 0.15) is 17.7 Å². The van der Waals surface area contributed by atoms with Crippen LogP contribution < -0.4 is 0 Å². The minimum absolute atomic E-state index is 0.115. The molecule has 0 aromatic heterocycles. The summed E-state index contributed by atoms with van der Waals surface area (Å²) in [6.07, 6.45) is 5.15. The zero-order valence-corrected chi connectivity index (χ0v) is 13.9. The van der Waals surface area contributed by atoms with Crippen molar-refractivity contribution in [2.24, 2.45) is 5.92 Å². The predicted molar refractivity (Wildman–Crippen MR) is 90.7 cm³/mol. The van der Waals surface area contributed by atoms with Gasteiger partial charge in [0.25, 0.3) is 0 Å². The van der Waals surface area contributed by atoms with E-state index in [0.717, 1.165) is 54.4 Å². The van der Waals surface area contributed by atoms with Crippen LogP contribution in [-0.4, -0.2) is 0 Å². The number of hydrogen-bond acceptors (Lipinski definition) is 1. The Morgan fingerprint density at radius 1 is 1.12 bits per heavy atom. The van der Waals surface area contributed by atoms with Crippen LogP contribution in [0.3, 0.4) is 0 Å². The van der Waals surface area contributed by atoms with Crippen LogP contribution in [0.25, 0.3) is 0 Å². The molecule has 24 heavy (non-hydrogen) atoms. The molecule has 1 aliphatic rings. The zero-order valence-electron chi connectivity index (χ0n) is 13.9. The number of rotatable bonds is 4. The van der Waals surface area contributed by atoms with Crippen molar-refractivity contribution in [2.45, 2.75) is 45.4 Å². The number of nitrogens with zero attached hydrogens (tertiary/aromatic N) is 1. The Morgan fingerprint density at radius 3 is 2.67 bits per heavy atom. The first-order chi connectivity index (χ1) is 11.6. The first-order valence-electron chi connectivity index (χ1n) is 8.59. The lowest BCUT2D eigenvalue weighted by Crippen LogP contribution is -2.16. The number of benzene rings is 2. The van der Waals surface area contributed by atoms with Gasteiger partial charge in [-0.2, -0.15) is 5.26 Å². The van der Waals surface area contributed by atoms with Gasteiger partial charge in [-0.05, 0) is 84.9 Å². The Morgan fingerprint density at radius 2 is 1.96 bits per heavy atom. The third-order valence-electron chi connectivity index (χ3n) is 5.09. The summed E-state index contributed by atoms with van der Waals surface area (Å²) >= 11 is 0. The highest BCUT2D eigenvalue weighted by Gasteiger charge is 2.21. The van der Waals surface area contributed by atoms with Crippen molar-refractivity contribution in [3.05, 3.63) is 69.8 Å². The smallest absolute Gasteiger partial charge is 0.141 e. The molecule has 1 atom stereocenters. The second kappa shape index (κ2) is 7.13. The highest BCUT2D eigenvalue weighted by Crippen LogP contribution is 2.30. The number of aryl methyl sites for hydroxylation is 3. The van der Waals surface area contributed by atoms with Gasteiger partial charge >= 0.3 is 0 Å². The van der Waals surface area contributed by atoms with Crippen LogP contribution in [0, 0.1) is 28.9 Å². The average molecular weight is 325 g/mol. The quantitative estimate of drug-likeness (QED) is 0.764. The summed E-state index contributed by atoms with van der Waals surface area (Å²) in [6.45, 7) is 2.02. The molecule has 0 saturated carbocycles. The molecule has 1 aliphatic carbocycles. The molecule has 124 valence electrons. The molecule has 0 fully saturated rings. The molecule has 3 rings (SSSR count). The third-order valence-corrected chi connectivity index (χ3v) is 5.09. The number of fused-ring (bicyclic) bond motifs is 1. The van der Waals surface area contributed by atoms with E-state index in [9.17, 15) is 8.78 Å².